The molecule has 0 bridgehead atoms. The van der Waals surface area contributed by atoms with Crippen LogP contribution in [0.2, 0.25) is 0 Å². The summed E-state index contributed by atoms with van der Waals surface area (Å²) in [5.74, 6) is 1.60. The van der Waals surface area contributed by atoms with Crippen LogP contribution in [-0.4, -0.2) is 36.5 Å². The summed E-state index contributed by atoms with van der Waals surface area (Å²) in [6.07, 6.45) is 3.43. The zero-order chi connectivity index (χ0) is 14.4. The molecule has 1 unspecified atom stereocenters. The number of rotatable bonds is 9. The van der Waals surface area contributed by atoms with Crippen LogP contribution in [0.4, 0.5) is 0 Å². The summed E-state index contributed by atoms with van der Waals surface area (Å²) in [6, 6.07) is 8.12. The Kier molecular flexibility index (Phi) is 5.26. The van der Waals surface area contributed by atoms with Crippen LogP contribution in [0, 0.1) is 0 Å². The first kappa shape index (κ1) is 15.1. The number of aliphatic hydroxyl groups is 1. The maximum atomic E-state index is 10.2. The number of hydrogen-bond donors (Lipinski definition) is 2. The molecule has 0 heterocycles. The third kappa shape index (κ3) is 5.39. The molecule has 20 heavy (non-hydrogen) atoms. The predicted octanol–water partition coefficient (Wildman–Crippen LogP) is 2.36. The first-order valence-electron chi connectivity index (χ1n) is 7.40. The lowest BCUT2D eigenvalue weighted by molar-refractivity contribution is 0.0120. The summed E-state index contributed by atoms with van der Waals surface area (Å²) in [7, 11) is 0. The fourth-order valence-corrected chi connectivity index (χ4v) is 1.79. The Bertz CT molecular complexity index is 399. The van der Waals surface area contributed by atoms with Crippen LogP contribution in [0.3, 0.4) is 0 Å². The quantitative estimate of drug-likeness (QED) is 0.728. The Morgan fingerprint density at radius 2 is 1.80 bits per heavy atom. The molecule has 1 saturated carbocycles. The highest BCUT2D eigenvalue weighted by Gasteiger charge is 2.27. The van der Waals surface area contributed by atoms with Gasteiger partial charge in [-0.25, -0.2) is 0 Å². The molecule has 0 aromatic heterocycles. The van der Waals surface area contributed by atoms with E-state index < -0.39 is 5.60 Å². The van der Waals surface area contributed by atoms with Crippen molar-refractivity contribution >= 4 is 0 Å². The molecule has 4 nitrogen and oxygen atoms in total. The van der Waals surface area contributed by atoms with Gasteiger partial charge in [0.05, 0.1) is 6.61 Å². The van der Waals surface area contributed by atoms with Gasteiger partial charge in [-0.1, -0.05) is 6.92 Å². The molecule has 1 aliphatic rings. The lowest BCUT2D eigenvalue weighted by Gasteiger charge is -2.24. The fourth-order valence-electron chi connectivity index (χ4n) is 1.79. The van der Waals surface area contributed by atoms with Gasteiger partial charge in [0.1, 0.15) is 23.7 Å². The van der Waals surface area contributed by atoms with Crippen molar-refractivity contribution in [1.29, 1.82) is 0 Å². The Morgan fingerprint density at radius 3 is 2.35 bits per heavy atom. The summed E-state index contributed by atoms with van der Waals surface area (Å²) < 4.78 is 11.1. The molecule has 2 N–H and O–H groups in total. The highest BCUT2D eigenvalue weighted by molar-refractivity contribution is 5.31. The molecule has 1 atom stereocenters. The Labute approximate surface area is 121 Å². The summed E-state index contributed by atoms with van der Waals surface area (Å²) in [5.41, 5.74) is -0.847. The van der Waals surface area contributed by atoms with Gasteiger partial charge in [0.15, 0.2) is 0 Å². The van der Waals surface area contributed by atoms with Crippen molar-refractivity contribution in [2.45, 2.75) is 44.8 Å². The van der Waals surface area contributed by atoms with E-state index in [2.05, 4.69) is 12.2 Å². The van der Waals surface area contributed by atoms with Gasteiger partial charge < -0.3 is 19.9 Å². The first-order valence-corrected chi connectivity index (χ1v) is 7.40. The van der Waals surface area contributed by atoms with Gasteiger partial charge >= 0.3 is 0 Å². The van der Waals surface area contributed by atoms with Crippen LogP contribution in [0.25, 0.3) is 0 Å². The monoisotopic (exact) mass is 279 g/mol. The molecule has 1 aromatic carbocycles. The Morgan fingerprint density at radius 1 is 1.20 bits per heavy atom. The maximum Gasteiger partial charge on any atom is 0.119 e. The minimum Gasteiger partial charge on any atom is -0.494 e. The molecule has 0 amide bonds. The zero-order valence-corrected chi connectivity index (χ0v) is 12.4. The van der Waals surface area contributed by atoms with Crippen LogP contribution < -0.4 is 14.8 Å². The lowest BCUT2D eigenvalue weighted by Crippen LogP contribution is -2.43. The van der Waals surface area contributed by atoms with Gasteiger partial charge in [-0.2, -0.15) is 0 Å². The van der Waals surface area contributed by atoms with Crippen LogP contribution in [0.15, 0.2) is 24.3 Å². The van der Waals surface area contributed by atoms with E-state index in [9.17, 15) is 5.11 Å². The van der Waals surface area contributed by atoms with Gasteiger partial charge in [-0.15, -0.1) is 0 Å². The van der Waals surface area contributed by atoms with E-state index in [1.807, 2.05) is 24.3 Å². The van der Waals surface area contributed by atoms with E-state index in [1.165, 1.54) is 12.8 Å². The molecule has 2 rings (SSSR count). The van der Waals surface area contributed by atoms with E-state index in [-0.39, 0.29) is 6.61 Å². The number of benzene rings is 1. The topological polar surface area (TPSA) is 50.7 Å². The minimum atomic E-state index is -0.847. The van der Waals surface area contributed by atoms with Crippen molar-refractivity contribution in [3.8, 4) is 11.5 Å². The van der Waals surface area contributed by atoms with E-state index in [0.717, 1.165) is 24.5 Å². The van der Waals surface area contributed by atoms with Gasteiger partial charge in [-0.3, -0.25) is 0 Å². The summed E-state index contributed by atoms with van der Waals surface area (Å²) >= 11 is 0. The standard InChI is InChI=1S/C16H25NO3/c1-3-10-19-14-6-8-15(9-7-14)20-12-16(2,18)11-17-13-4-5-13/h6-9,13,17-18H,3-5,10-12H2,1-2H3. The van der Waals surface area contributed by atoms with Gasteiger partial charge in [0.25, 0.3) is 0 Å². The number of nitrogens with one attached hydrogen (secondary N) is 1. The van der Waals surface area contributed by atoms with Gasteiger partial charge in [0.2, 0.25) is 0 Å². The molecule has 1 aliphatic carbocycles. The molecule has 0 aliphatic heterocycles. The summed E-state index contributed by atoms with van der Waals surface area (Å²) in [5, 5.41) is 13.5. The van der Waals surface area contributed by atoms with Crippen molar-refractivity contribution in [2.75, 3.05) is 19.8 Å². The van der Waals surface area contributed by atoms with Crippen molar-refractivity contribution in [1.82, 2.24) is 5.32 Å². The molecule has 0 spiro atoms. The second kappa shape index (κ2) is 6.95. The first-order chi connectivity index (χ1) is 9.59. The predicted molar refractivity (Wildman–Crippen MR) is 79.4 cm³/mol. The number of hydrogen-bond acceptors (Lipinski definition) is 4. The van der Waals surface area contributed by atoms with Gasteiger partial charge in [-0.05, 0) is 50.5 Å². The third-order valence-electron chi connectivity index (χ3n) is 3.20. The number of ether oxygens (including phenoxy) is 2. The van der Waals surface area contributed by atoms with Crippen molar-refractivity contribution in [2.24, 2.45) is 0 Å². The third-order valence-corrected chi connectivity index (χ3v) is 3.20. The molecule has 4 heteroatoms. The molecule has 1 aromatic rings. The SMILES string of the molecule is CCCOc1ccc(OCC(C)(O)CNC2CC2)cc1. The molecular weight excluding hydrogens is 254 g/mol. The lowest BCUT2D eigenvalue weighted by atomic mass is 10.1. The normalized spacial score (nSPS) is 17.6. The van der Waals surface area contributed by atoms with Crippen LogP contribution in [0.5, 0.6) is 11.5 Å². The van der Waals surface area contributed by atoms with E-state index in [4.69, 9.17) is 9.47 Å². The van der Waals surface area contributed by atoms with Crippen molar-refractivity contribution < 1.29 is 14.6 Å². The van der Waals surface area contributed by atoms with Crippen LogP contribution in [0.1, 0.15) is 33.1 Å². The zero-order valence-electron chi connectivity index (χ0n) is 12.4. The average Bonchev–Trinajstić information content (AvgIpc) is 3.26. The minimum absolute atomic E-state index is 0.280. The molecular formula is C16H25NO3. The smallest absolute Gasteiger partial charge is 0.119 e. The highest BCUT2D eigenvalue weighted by atomic mass is 16.5. The highest BCUT2D eigenvalue weighted by Crippen LogP contribution is 2.21. The molecule has 0 saturated heterocycles. The van der Waals surface area contributed by atoms with E-state index in [1.54, 1.807) is 6.92 Å². The van der Waals surface area contributed by atoms with Crippen molar-refractivity contribution in [3.05, 3.63) is 24.3 Å². The average molecular weight is 279 g/mol. The second-order valence-corrected chi connectivity index (χ2v) is 5.76. The molecule has 1 fully saturated rings. The largest absolute Gasteiger partial charge is 0.494 e. The molecule has 112 valence electrons. The maximum absolute atomic E-state index is 10.2. The summed E-state index contributed by atoms with van der Waals surface area (Å²) in [4.78, 5) is 0. The van der Waals surface area contributed by atoms with Crippen molar-refractivity contribution in [3.63, 3.8) is 0 Å². The fraction of sp³-hybridized carbons (Fsp3) is 0.625. The Balaban J connectivity index is 1.74. The summed E-state index contributed by atoms with van der Waals surface area (Å²) in [6.45, 7) is 5.44. The molecule has 0 radical (unpaired) electrons. The van der Waals surface area contributed by atoms with Crippen LogP contribution >= 0.6 is 0 Å². The van der Waals surface area contributed by atoms with Crippen LogP contribution in [-0.2, 0) is 0 Å². The second-order valence-electron chi connectivity index (χ2n) is 5.76. The van der Waals surface area contributed by atoms with E-state index >= 15 is 0 Å². The van der Waals surface area contributed by atoms with Gasteiger partial charge in [0, 0.05) is 12.6 Å². The Hall–Kier alpha value is -1.26. The van der Waals surface area contributed by atoms with E-state index in [0.29, 0.717) is 12.6 Å².